The van der Waals surface area contributed by atoms with Crippen LogP contribution in [-0.4, -0.2) is 42.2 Å². The lowest BCUT2D eigenvalue weighted by Crippen LogP contribution is -1.69. The fraction of sp³-hybridized carbons (Fsp3) is 1.00. The van der Waals surface area contributed by atoms with E-state index in [9.17, 15) is 0 Å². The molecule has 5 heteroatoms. The maximum Gasteiger partial charge on any atom is 0.0402 e. The van der Waals surface area contributed by atoms with Crippen LogP contribution < -0.4 is 5.73 Å². The van der Waals surface area contributed by atoms with Gasteiger partial charge in [-0.05, 0) is 27.8 Å². The maximum absolute atomic E-state index is 7.57. The summed E-state index contributed by atoms with van der Waals surface area (Å²) in [6.07, 6.45) is 0. The van der Waals surface area contributed by atoms with E-state index in [0.717, 1.165) is 0 Å². The van der Waals surface area contributed by atoms with Crippen LogP contribution in [0.4, 0.5) is 0 Å². The van der Waals surface area contributed by atoms with E-state index in [1.165, 1.54) is 7.05 Å². The molecule has 0 aliphatic rings. The van der Waals surface area contributed by atoms with E-state index in [0.29, 0.717) is 0 Å². The Hall–Kier alpha value is 0.130. The quantitative estimate of drug-likeness (QED) is 0.448. The molecule has 0 rings (SSSR count). The van der Waals surface area contributed by atoms with Crippen molar-refractivity contribution < 1.29 is 15.3 Å². The van der Waals surface area contributed by atoms with E-state index >= 15 is 0 Å². The van der Waals surface area contributed by atoms with E-state index in [-0.39, 0.29) is 32.2 Å². The number of nitrogens with two attached hydrogens (primary N) is 1. The third kappa shape index (κ3) is 50000. The van der Waals surface area contributed by atoms with Crippen molar-refractivity contribution in [2.24, 2.45) is 5.73 Å². The van der Waals surface area contributed by atoms with Gasteiger partial charge in [-0.1, -0.05) is 0 Å². The number of halogens is 1. The van der Waals surface area contributed by atoms with Gasteiger partial charge in [0.15, 0.2) is 0 Å². The second-order valence-corrected chi connectivity index (χ2v) is 0.949. The first kappa shape index (κ1) is 29.6. The molecule has 0 saturated heterocycles. The minimum atomic E-state index is 0. The Bertz CT molecular complexity index is 23.4. The highest BCUT2D eigenvalue weighted by molar-refractivity contribution is 5.85. The molecule has 0 heterocycles. The van der Waals surface area contributed by atoms with Gasteiger partial charge in [-0.3, -0.25) is 0 Å². The molecule has 0 aromatic heterocycles. The summed E-state index contributed by atoms with van der Waals surface area (Å²) in [6, 6.07) is 0. The van der Waals surface area contributed by atoms with Gasteiger partial charge in [-0.2, -0.15) is 0 Å². The largest absolute Gasteiger partial charge is 0.397 e. The van der Waals surface area contributed by atoms with Gasteiger partial charge in [0.05, 0.1) is 0 Å². The molecule has 0 aliphatic carbocycles. The van der Waals surface area contributed by atoms with Gasteiger partial charge in [-0.25, -0.2) is 0 Å². The molecular formula is C7H24ClNO3. The van der Waals surface area contributed by atoms with Gasteiger partial charge < -0.3 is 21.1 Å². The summed E-state index contributed by atoms with van der Waals surface area (Å²) in [7, 11) is 1.50. The van der Waals surface area contributed by atoms with E-state index in [1.807, 2.05) is 0 Å². The molecule has 82 valence electrons. The van der Waals surface area contributed by atoms with Crippen LogP contribution in [0.3, 0.4) is 0 Å². The monoisotopic (exact) mass is 205 g/mol. The lowest BCUT2D eigenvalue weighted by Gasteiger charge is -1.52. The van der Waals surface area contributed by atoms with Gasteiger partial charge in [0, 0.05) is 19.8 Å². The molecule has 5 N–H and O–H groups in total. The van der Waals surface area contributed by atoms with Crippen molar-refractivity contribution in [1.82, 2.24) is 0 Å². The van der Waals surface area contributed by atoms with Gasteiger partial charge in [0.25, 0.3) is 0 Å². The number of aliphatic hydroxyl groups is 3. The summed E-state index contributed by atoms with van der Waals surface area (Å²) in [5.41, 5.74) is 4.50. The topological polar surface area (TPSA) is 86.7 Å². The van der Waals surface area contributed by atoms with Gasteiger partial charge >= 0.3 is 0 Å². The molecule has 0 amide bonds. The maximum atomic E-state index is 7.57. The lowest BCUT2D eigenvalue weighted by atomic mass is 10.9. The van der Waals surface area contributed by atoms with Crippen LogP contribution in [0.5, 0.6) is 0 Å². The zero-order chi connectivity index (χ0) is 10.1. The summed E-state index contributed by atoms with van der Waals surface area (Å²) in [5.74, 6) is 0. The molecule has 0 radical (unpaired) electrons. The van der Waals surface area contributed by atoms with E-state index < -0.39 is 0 Å². The van der Waals surface area contributed by atoms with Crippen molar-refractivity contribution in [3.63, 3.8) is 0 Å². The van der Waals surface area contributed by atoms with Crippen LogP contribution in [-0.2, 0) is 0 Å². The average molecular weight is 206 g/mol. The molecule has 0 bridgehead atoms. The Kier molecular flexibility index (Phi) is 287. The normalized spacial score (nSPS) is 5.00. The van der Waals surface area contributed by atoms with Crippen molar-refractivity contribution in [2.45, 2.75) is 20.8 Å². The zero-order valence-corrected chi connectivity index (χ0v) is 9.27. The Morgan fingerprint density at radius 1 is 0.750 bits per heavy atom. The van der Waals surface area contributed by atoms with Gasteiger partial charge in [-0.15, -0.1) is 12.4 Å². The Morgan fingerprint density at radius 3 is 0.750 bits per heavy atom. The molecular weight excluding hydrogens is 182 g/mol. The SMILES string of the molecule is CCO.CCO.CCO.CN.Cl. The van der Waals surface area contributed by atoms with Crippen LogP contribution in [0.25, 0.3) is 0 Å². The minimum absolute atomic E-state index is 0. The highest BCUT2D eigenvalue weighted by Gasteiger charge is 1.35. The van der Waals surface area contributed by atoms with Crippen LogP contribution in [0.15, 0.2) is 0 Å². The highest BCUT2D eigenvalue weighted by Crippen LogP contribution is 1.30. The summed E-state index contributed by atoms with van der Waals surface area (Å²) >= 11 is 0. The molecule has 0 aromatic rings. The summed E-state index contributed by atoms with van der Waals surface area (Å²) in [4.78, 5) is 0. The van der Waals surface area contributed by atoms with Gasteiger partial charge in [0.1, 0.15) is 0 Å². The fourth-order valence-corrected chi connectivity index (χ4v) is 0. The van der Waals surface area contributed by atoms with E-state index in [2.05, 4.69) is 5.73 Å². The molecule has 0 unspecified atom stereocenters. The number of aliphatic hydroxyl groups excluding tert-OH is 3. The third-order valence-corrected chi connectivity index (χ3v) is 0. The molecule has 12 heavy (non-hydrogen) atoms. The van der Waals surface area contributed by atoms with Crippen molar-refractivity contribution in [1.29, 1.82) is 0 Å². The predicted molar refractivity (Wildman–Crippen MR) is 55.6 cm³/mol. The average Bonchev–Trinajstić information content (AvgIpc) is 1.96. The molecule has 0 atom stereocenters. The molecule has 0 fully saturated rings. The first-order chi connectivity index (χ1) is 5.24. The Balaban J connectivity index is -0.0000000179. The standard InChI is InChI=1S/3C2H6O.CH5N.ClH/c3*1-2-3;1-2;/h3*3H,2H2,1H3;2H2,1H3;1H. The highest BCUT2D eigenvalue weighted by atomic mass is 35.5. The van der Waals surface area contributed by atoms with Gasteiger partial charge in [0.2, 0.25) is 0 Å². The van der Waals surface area contributed by atoms with Crippen LogP contribution >= 0.6 is 12.4 Å². The second kappa shape index (κ2) is 117. The third-order valence-electron chi connectivity index (χ3n) is 0. The smallest absolute Gasteiger partial charge is 0.0402 e. The van der Waals surface area contributed by atoms with Crippen molar-refractivity contribution in [3.8, 4) is 0 Å². The molecule has 4 nitrogen and oxygen atoms in total. The van der Waals surface area contributed by atoms with Crippen molar-refractivity contribution in [3.05, 3.63) is 0 Å². The molecule has 0 spiro atoms. The summed E-state index contributed by atoms with van der Waals surface area (Å²) < 4.78 is 0. The van der Waals surface area contributed by atoms with Crippen molar-refractivity contribution >= 4 is 12.4 Å². The number of hydrogen-bond acceptors (Lipinski definition) is 4. The Morgan fingerprint density at radius 2 is 0.750 bits per heavy atom. The van der Waals surface area contributed by atoms with Crippen molar-refractivity contribution in [2.75, 3.05) is 26.9 Å². The zero-order valence-electron chi connectivity index (χ0n) is 8.45. The Labute approximate surface area is 81.8 Å². The first-order valence-corrected chi connectivity index (χ1v) is 3.65. The molecule has 0 saturated carbocycles. The first-order valence-electron chi connectivity index (χ1n) is 3.65. The predicted octanol–water partition coefficient (Wildman–Crippen LogP) is -0.00750. The molecule has 0 aromatic carbocycles. The lowest BCUT2D eigenvalue weighted by molar-refractivity contribution is 0.318. The minimum Gasteiger partial charge on any atom is -0.397 e. The second-order valence-electron chi connectivity index (χ2n) is 0.949. The van der Waals surface area contributed by atoms with E-state index in [4.69, 9.17) is 15.3 Å². The fourth-order valence-electron chi connectivity index (χ4n) is 0. The summed E-state index contributed by atoms with van der Waals surface area (Å²) in [6.45, 7) is 5.79. The number of hydrogen-bond donors (Lipinski definition) is 4. The van der Waals surface area contributed by atoms with Crippen LogP contribution in [0.1, 0.15) is 20.8 Å². The number of rotatable bonds is 0. The molecule has 0 aliphatic heterocycles. The van der Waals surface area contributed by atoms with Crippen LogP contribution in [0, 0.1) is 0 Å². The summed E-state index contributed by atoms with van der Waals surface area (Å²) in [5, 5.41) is 22.7. The van der Waals surface area contributed by atoms with Crippen LogP contribution in [0.2, 0.25) is 0 Å². The van der Waals surface area contributed by atoms with E-state index in [1.54, 1.807) is 20.8 Å².